The fraction of sp³-hybridized carbons (Fsp3) is 0.333. The van der Waals surface area contributed by atoms with Gasteiger partial charge in [-0.2, -0.15) is 0 Å². The van der Waals surface area contributed by atoms with Crippen molar-refractivity contribution in [1.82, 2.24) is 0 Å². The van der Waals surface area contributed by atoms with E-state index in [2.05, 4.69) is 0 Å². The average Bonchev–Trinajstić information content (AvgIpc) is 2.16. The van der Waals surface area contributed by atoms with Crippen LogP contribution < -0.4 is 4.74 Å². The lowest BCUT2D eigenvalue weighted by Crippen LogP contribution is -2.02. The molecule has 0 fully saturated rings. The Morgan fingerprint density at radius 3 is 2.62 bits per heavy atom. The molecule has 1 rings (SSSR count). The highest BCUT2D eigenvalue weighted by Crippen LogP contribution is 2.25. The van der Waals surface area contributed by atoms with Gasteiger partial charge in [-0.3, -0.25) is 0 Å². The Morgan fingerprint density at radius 1 is 1.31 bits per heavy atom. The van der Waals surface area contributed by atoms with Gasteiger partial charge in [-0.25, -0.2) is 0 Å². The maximum Gasteiger partial charge on any atom is 0.138 e. The van der Waals surface area contributed by atoms with Crippen molar-refractivity contribution < 1.29 is 14.9 Å². The Labute approximate surface area is 81.5 Å². The van der Waals surface area contributed by atoms with Gasteiger partial charge in [0.05, 0.1) is 18.2 Å². The quantitative estimate of drug-likeness (QED) is 0.772. The topological polar surface area (TPSA) is 49.7 Å². The normalized spacial score (nSPS) is 10.1. The first-order chi connectivity index (χ1) is 6.27. The third-order valence-electron chi connectivity index (χ3n) is 1.53. The zero-order valence-corrected chi connectivity index (χ0v) is 7.79. The van der Waals surface area contributed by atoms with E-state index in [1.807, 2.05) is 0 Å². The summed E-state index contributed by atoms with van der Waals surface area (Å²) in [6.07, 6.45) is 0. The molecule has 0 saturated heterocycles. The van der Waals surface area contributed by atoms with Crippen molar-refractivity contribution in [2.75, 3.05) is 13.2 Å². The van der Waals surface area contributed by atoms with Gasteiger partial charge < -0.3 is 14.9 Å². The van der Waals surface area contributed by atoms with Crippen LogP contribution >= 0.6 is 11.6 Å². The Kier molecular flexibility index (Phi) is 4.02. The fourth-order valence-corrected chi connectivity index (χ4v) is 1.17. The van der Waals surface area contributed by atoms with E-state index in [1.54, 1.807) is 18.2 Å². The van der Waals surface area contributed by atoms with Crippen LogP contribution in [0.2, 0.25) is 5.02 Å². The van der Waals surface area contributed by atoms with Crippen molar-refractivity contribution in [2.45, 2.75) is 6.61 Å². The van der Waals surface area contributed by atoms with Crippen molar-refractivity contribution >= 4 is 11.6 Å². The summed E-state index contributed by atoms with van der Waals surface area (Å²) in [4.78, 5) is 0. The molecule has 2 N–H and O–H groups in total. The summed E-state index contributed by atoms with van der Waals surface area (Å²) in [6, 6.07) is 5.02. The van der Waals surface area contributed by atoms with Crippen molar-refractivity contribution in [3.63, 3.8) is 0 Å². The second-order valence-electron chi connectivity index (χ2n) is 2.49. The number of benzene rings is 1. The van der Waals surface area contributed by atoms with Crippen LogP contribution in [-0.2, 0) is 6.61 Å². The molecule has 0 unspecified atom stereocenters. The van der Waals surface area contributed by atoms with Gasteiger partial charge in [0.1, 0.15) is 12.4 Å². The van der Waals surface area contributed by atoms with Crippen LogP contribution in [0.5, 0.6) is 5.75 Å². The van der Waals surface area contributed by atoms with Gasteiger partial charge in [0, 0.05) is 0 Å². The monoisotopic (exact) mass is 202 g/mol. The largest absolute Gasteiger partial charge is 0.490 e. The summed E-state index contributed by atoms with van der Waals surface area (Å²) in [5.74, 6) is 0.521. The third-order valence-corrected chi connectivity index (χ3v) is 1.82. The molecular formula is C9H11ClO3. The van der Waals surface area contributed by atoms with Crippen LogP contribution in [0.25, 0.3) is 0 Å². The minimum Gasteiger partial charge on any atom is -0.490 e. The number of ether oxygens (including phenoxy) is 1. The minimum atomic E-state index is -0.0436. The maximum atomic E-state index is 8.79. The van der Waals surface area contributed by atoms with Crippen LogP contribution in [0, 0.1) is 0 Å². The molecule has 0 amide bonds. The van der Waals surface area contributed by atoms with Gasteiger partial charge in [0.2, 0.25) is 0 Å². The van der Waals surface area contributed by atoms with E-state index in [9.17, 15) is 0 Å². The Balaban J connectivity index is 2.73. The van der Waals surface area contributed by atoms with E-state index >= 15 is 0 Å². The second-order valence-corrected chi connectivity index (χ2v) is 2.90. The van der Waals surface area contributed by atoms with Crippen molar-refractivity contribution in [2.24, 2.45) is 0 Å². The van der Waals surface area contributed by atoms with Crippen LogP contribution in [0.1, 0.15) is 5.56 Å². The Hall–Kier alpha value is -0.770. The molecule has 3 nitrogen and oxygen atoms in total. The molecular weight excluding hydrogens is 192 g/mol. The van der Waals surface area contributed by atoms with Crippen molar-refractivity contribution in [1.29, 1.82) is 0 Å². The van der Waals surface area contributed by atoms with Crippen molar-refractivity contribution in [3.8, 4) is 5.75 Å². The van der Waals surface area contributed by atoms with Gasteiger partial charge in [-0.15, -0.1) is 0 Å². The number of halogens is 1. The third kappa shape index (κ3) is 2.88. The van der Waals surface area contributed by atoms with Gasteiger partial charge >= 0.3 is 0 Å². The lowest BCUT2D eigenvalue weighted by Gasteiger charge is -2.06. The Bertz CT molecular complexity index is 276. The molecule has 0 saturated carbocycles. The number of aliphatic hydroxyl groups excluding tert-OH is 2. The molecule has 0 aromatic heterocycles. The van der Waals surface area contributed by atoms with E-state index in [4.69, 9.17) is 26.6 Å². The predicted octanol–water partition coefficient (Wildman–Crippen LogP) is 1.20. The van der Waals surface area contributed by atoms with Gasteiger partial charge in [0.15, 0.2) is 0 Å². The Morgan fingerprint density at radius 2 is 2.08 bits per heavy atom. The van der Waals surface area contributed by atoms with E-state index < -0.39 is 0 Å². The second kappa shape index (κ2) is 5.07. The molecule has 13 heavy (non-hydrogen) atoms. The van der Waals surface area contributed by atoms with Gasteiger partial charge in [-0.1, -0.05) is 17.7 Å². The van der Waals surface area contributed by atoms with E-state index in [-0.39, 0.29) is 19.8 Å². The number of hydrogen-bond acceptors (Lipinski definition) is 3. The van der Waals surface area contributed by atoms with E-state index in [0.29, 0.717) is 10.8 Å². The number of hydrogen-bond donors (Lipinski definition) is 2. The zero-order chi connectivity index (χ0) is 9.68. The highest BCUT2D eigenvalue weighted by Gasteiger charge is 2.01. The summed E-state index contributed by atoms with van der Waals surface area (Å²) in [5, 5.41) is 17.7. The molecule has 0 heterocycles. The van der Waals surface area contributed by atoms with Crippen LogP contribution in [0.3, 0.4) is 0 Å². The molecule has 0 aliphatic rings. The highest BCUT2D eigenvalue weighted by atomic mass is 35.5. The minimum absolute atomic E-state index is 0.0417. The van der Waals surface area contributed by atoms with E-state index in [0.717, 1.165) is 5.56 Å². The van der Waals surface area contributed by atoms with Crippen LogP contribution in [0.15, 0.2) is 18.2 Å². The van der Waals surface area contributed by atoms with E-state index in [1.165, 1.54) is 0 Å². The SMILES string of the molecule is OCCOc1ccc(CO)cc1Cl. The summed E-state index contributed by atoms with van der Waals surface area (Å²) in [7, 11) is 0. The molecule has 0 aliphatic heterocycles. The first kappa shape index (κ1) is 10.3. The molecule has 0 spiro atoms. The summed E-state index contributed by atoms with van der Waals surface area (Å²) in [6.45, 7) is 0.135. The smallest absolute Gasteiger partial charge is 0.138 e. The number of aliphatic hydroxyl groups is 2. The lowest BCUT2D eigenvalue weighted by molar-refractivity contribution is 0.201. The molecule has 72 valence electrons. The summed E-state index contributed by atoms with van der Waals surface area (Å²) >= 11 is 5.83. The molecule has 4 heteroatoms. The number of rotatable bonds is 4. The van der Waals surface area contributed by atoms with Gasteiger partial charge in [-0.05, 0) is 17.7 Å². The molecule has 0 radical (unpaired) electrons. The molecule has 1 aromatic carbocycles. The lowest BCUT2D eigenvalue weighted by atomic mass is 10.2. The summed E-state index contributed by atoms with van der Waals surface area (Å²) < 4.78 is 5.12. The fourth-order valence-electron chi connectivity index (χ4n) is 0.915. The maximum absolute atomic E-state index is 8.79. The standard InChI is InChI=1S/C9H11ClO3/c10-8-5-7(6-12)1-2-9(8)13-4-3-11/h1-2,5,11-12H,3-4,6H2. The highest BCUT2D eigenvalue weighted by molar-refractivity contribution is 6.32. The molecule has 0 atom stereocenters. The van der Waals surface area contributed by atoms with Crippen LogP contribution in [0.4, 0.5) is 0 Å². The van der Waals surface area contributed by atoms with Crippen molar-refractivity contribution in [3.05, 3.63) is 28.8 Å². The molecule has 0 bridgehead atoms. The summed E-state index contributed by atoms with van der Waals surface area (Å²) in [5.41, 5.74) is 0.737. The molecule has 1 aromatic rings. The molecule has 0 aliphatic carbocycles. The van der Waals surface area contributed by atoms with Gasteiger partial charge in [0.25, 0.3) is 0 Å². The average molecular weight is 203 g/mol. The first-order valence-electron chi connectivity index (χ1n) is 3.91. The zero-order valence-electron chi connectivity index (χ0n) is 7.03. The first-order valence-corrected chi connectivity index (χ1v) is 4.28. The van der Waals surface area contributed by atoms with Crippen LogP contribution in [-0.4, -0.2) is 23.4 Å². The predicted molar refractivity (Wildman–Crippen MR) is 50.0 cm³/mol.